The highest BCUT2D eigenvalue weighted by atomic mass is 19.2. The Morgan fingerprint density at radius 3 is 2.11 bits per heavy atom. The lowest BCUT2D eigenvalue weighted by Gasteiger charge is -2.27. The van der Waals surface area contributed by atoms with Crippen LogP contribution in [0.1, 0.15) is 41.5 Å². The molecule has 0 heterocycles. The average Bonchev–Trinajstić information content (AvgIpc) is 2.73. The van der Waals surface area contributed by atoms with Crippen LogP contribution < -0.4 is 0 Å². The molecular formula is C24H20F4. The number of fused-ring (bicyclic) bond motifs is 1. The van der Waals surface area contributed by atoms with Gasteiger partial charge in [-0.05, 0) is 71.6 Å². The normalized spacial score (nSPS) is 16.1. The number of benzene rings is 3. The van der Waals surface area contributed by atoms with E-state index >= 15 is 4.39 Å². The average molecular weight is 384 g/mol. The van der Waals surface area contributed by atoms with Crippen LogP contribution in [0, 0.1) is 23.3 Å². The first-order valence-corrected chi connectivity index (χ1v) is 9.52. The third-order valence-corrected chi connectivity index (χ3v) is 5.71. The second kappa shape index (κ2) is 7.42. The van der Waals surface area contributed by atoms with E-state index < -0.39 is 28.8 Å². The van der Waals surface area contributed by atoms with Crippen molar-refractivity contribution >= 4 is 0 Å². The molecule has 0 aliphatic heterocycles. The van der Waals surface area contributed by atoms with E-state index in [2.05, 4.69) is 6.92 Å². The van der Waals surface area contributed by atoms with Crippen LogP contribution in [-0.4, -0.2) is 0 Å². The Bertz CT molecular complexity index is 1000. The lowest BCUT2D eigenvalue weighted by molar-refractivity contribution is 0.458. The van der Waals surface area contributed by atoms with Gasteiger partial charge in [0.05, 0.1) is 5.56 Å². The van der Waals surface area contributed by atoms with Crippen molar-refractivity contribution in [2.75, 3.05) is 0 Å². The van der Waals surface area contributed by atoms with Crippen LogP contribution in [0.15, 0.2) is 48.5 Å². The zero-order valence-corrected chi connectivity index (χ0v) is 15.5. The standard InChI is InChI=1S/C24H20F4/c1-2-14-3-5-15(6-4-14)17-9-12-19-20(13-17)23(27)24(28)21(22(19)26)16-7-10-18(25)11-8-16/h3-8,10-11,17H,2,9,12-13H2,1H3. The molecule has 0 N–H and O–H groups in total. The van der Waals surface area contributed by atoms with E-state index in [1.165, 1.54) is 17.7 Å². The third-order valence-electron chi connectivity index (χ3n) is 5.71. The second-order valence-electron chi connectivity index (χ2n) is 7.32. The van der Waals surface area contributed by atoms with E-state index in [0.29, 0.717) is 12.8 Å². The van der Waals surface area contributed by atoms with Gasteiger partial charge in [0.2, 0.25) is 0 Å². The molecule has 0 bridgehead atoms. The number of aryl methyl sites for hydroxylation is 1. The van der Waals surface area contributed by atoms with E-state index in [0.717, 1.165) is 24.1 Å². The zero-order chi connectivity index (χ0) is 19.8. The predicted molar refractivity (Wildman–Crippen MR) is 102 cm³/mol. The number of hydrogen-bond donors (Lipinski definition) is 0. The minimum absolute atomic E-state index is 0.0309. The number of rotatable bonds is 3. The molecule has 0 nitrogen and oxygen atoms in total. The summed E-state index contributed by atoms with van der Waals surface area (Å²) in [6.45, 7) is 2.07. The highest BCUT2D eigenvalue weighted by Crippen LogP contribution is 2.40. The molecule has 0 fully saturated rings. The van der Waals surface area contributed by atoms with Gasteiger partial charge in [0.25, 0.3) is 0 Å². The Morgan fingerprint density at radius 2 is 1.46 bits per heavy atom. The maximum Gasteiger partial charge on any atom is 0.169 e. The highest BCUT2D eigenvalue weighted by molar-refractivity contribution is 5.67. The van der Waals surface area contributed by atoms with E-state index in [-0.39, 0.29) is 29.0 Å². The van der Waals surface area contributed by atoms with Crippen molar-refractivity contribution < 1.29 is 17.6 Å². The fourth-order valence-corrected chi connectivity index (χ4v) is 4.07. The molecule has 0 amide bonds. The number of hydrogen-bond acceptors (Lipinski definition) is 0. The molecule has 0 spiro atoms. The molecule has 0 saturated carbocycles. The quantitative estimate of drug-likeness (QED) is 0.346. The van der Waals surface area contributed by atoms with Crippen LogP contribution >= 0.6 is 0 Å². The third kappa shape index (κ3) is 3.21. The summed E-state index contributed by atoms with van der Waals surface area (Å²) in [5.41, 5.74) is 2.35. The molecule has 3 aromatic rings. The molecule has 144 valence electrons. The van der Waals surface area contributed by atoms with Crippen LogP contribution in [0.2, 0.25) is 0 Å². The first-order valence-electron chi connectivity index (χ1n) is 9.52. The van der Waals surface area contributed by atoms with Gasteiger partial charge in [-0.3, -0.25) is 0 Å². The van der Waals surface area contributed by atoms with Crippen molar-refractivity contribution in [3.63, 3.8) is 0 Å². The summed E-state index contributed by atoms with van der Waals surface area (Å²) in [5.74, 6) is -3.42. The summed E-state index contributed by atoms with van der Waals surface area (Å²) in [6.07, 6.45) is 2.21. The molecular weight excluding hydrogens is 364 g/mol. The molecule has 4 heteroatoms. The Hall–Kier alpha value is -2.62. The zero-order valence-electron chi connectivity index (χ0n) is 15.5. The topological polar surface area (TPSA) is 0 Å². The Kier molecular flexibility index (Phi) is 4.96. The summed E-state index contributed by atoms with van der Waals surface area (Å²) in [6, 6.07) is 12.9. The fourth-order valence-electron chi connectivity index (χ4n) is 4.07. The van der Waals surface area contributed by atoms with E-state index in [9.17, 15) is 13.2 Å². The Morgan fingerprint density at radius 1 is 0.786 bits per heavy atom. The first-order chi connectivity index (χ1) is 13.5. The largest absolute Gasteiger partial charge is 0.207 e. The summed E-state index contributed by atoms with van der Waals surface area (Å²) in [5, 5.41) is 0. The van der Waals surface area contributed by atoms with Crippen molar-refractivity contribution in [2.24, 2.45) is 0 Å². The van der Waals surface area contributed by atoms with Gasteiger partial charge in [-0.25, -0.2) is 17.6 Å². The summed E-state index contributed by atoms with van der Waals surface area (Å²) < 4.78 is 57.9. The fraction of sp³-hybridized carbons (Fsp3) is 0.250. The summed E-state index contributed by atoms with van der Waals surface area (Å²) in [7, 11) is 0. The van der Waals surface area contributed by atoms with Gasteiger partial charge in [-0.15, -0.1) is 0 Å². The number of halogens is 4. The van der Waals surface area contributed by atoms with Gasteiger partial charge in [-0.1, -0.05) is 43.3 Å². The minimum Gasteiger partial charge on any atom is -0.207 e. The molecule has 1 unspecified atom stereocenters. The van der Waals surface area contributed by atoms with Crippen LogP contribution in [-0.2, 0) is 19.3 Å². The van der Waals surface area contributed by atoms with Crippen molar-refractivity contribution in [3.05, 3.63) is 94.1 Å². The van der Waals surface area contributed by atoms with Crippen molar-refractivity contribution in [1.29, 1.82) is 0 Å². The van der Waals surface area contributed by atoms with E-state index in [1.54, 1.807) is 0 Å². The lowest BCUT2D eigenvalue weighted by atomic mass is 9.78. The van der Waals surface area contributed by atoms with Crippen LogP contribution in [0.25, 0.3) is 11.1 Å². The van der Waals surface area contributed by atoms with Gasteiger partial charge in [0, 0.05) is 0 Å². The maximum atomic E-state index is 15.1. The summed E-state index contributed by atoms with van der Waals surface area (Å²) >= 11 is 0. The van der Waals surface area contributed by atoms with Crippen LogP contribution in [0.4, 0.5) is 17.6 Å². The lowest BCUT2D eigenvalue weighted by Crippen LogP contribution is -2.18. The van der Waals surface area contributed by atoms with Gasteiger partial charge in [-0.2, -0.15) is 0 Å². The SMILES string of the molecule is CCc1ccc(C2CCc3c(F)c(-c4ccc(F)cc4)c(F)c(F)c3C2)cc1. The molecule has 3 aromatic carbocycles. The van der Waals surface area contributed by atoms with Crippen LogP contribution in [0.3, 0.4) is 0 Å². The molecule has 0 aromatic heterocycles. The minimum atomic E-state index is -1.20. The van der Waals surface area contributed by atoms with Gasteiger partial charge < -0.3 is 0 Å². The molecule has 0 saturated heterocycles. The smallest absolute Gasteiger partial charge is 0.169 e. The van der Waals surface area contributed by atoms with Gasteiger partial charge in [0.15, 0.2) is 11.6 Å². The monoisotopic (exact) mass is 384 g/mol. The van der Waals surface area contributed by atoms with Gasteiger partial charge in [0.1, 0.15) is 11.6 Å². The molecule has 0 radical (unpaired) electrons. The molecule has 1 aliphatic carbocycles. The highest BCUT2D eigenvalue weighted by Gasteiger charge is 2.31. The second-order valence-corrected chi connectivity index (χ2v) is 7.32. The molecule has 1 aliphatic rings. The Balaban J connectivity index is 1.74. The van der Waals surface area contributed by atoms with Crippen molar-refractivity contribution in [1.82, 2.24) is 0 Å². The van der Waals surface area contributed by atoms with Crippen molar-refractivity contribution in [3.8, 4) is 11.1 Å². The molecule has 4 rings (SSSR count). The van der Waals surface area contributed by atoms with E-state index in [4.69, 9.17) is 0 Å². The summed E-state index contributed by atoms with van der Waals surface area (Å²) in [4.78, 5) is 0. The van der Waals surface area contributed by atoms with Gasteiger partial charge >= 0.3 is 0 Å². The molecule has 1 atom stereocenters. The van der Waals surface area contributed by atoms with Crippen molar-refractivity contribution in [2.45, 2.75) is 38.5 Å². The Labute approximate surface area is 161 Å². The molecule has 28 heavy (non-hydrogen) atoms. The first kappa shape index (κ1) is 18.7. The van der Waals surface area contributed by atoms with E-state index in [1.807, 2.05) is 24.3 Å². The maximum absolute atomic E-state index is 15.1. The predicted octanol–water partition coefficient (Wildman–Crippen LogP) is 6.74. The van der Waals surface area contributed by atoms with Crippen LogP contribution in [0.5, 0.6) is 0 Å².